The van der Waals surface area contributed by atoms with E-state index in [2.05, 4.69) is 0 Å². The Morgan fingerprint density at radius 3 is 2.00 bits per heavy atom. The summed E-state index contributed by atoms with van der Waals surface area (Å²) in [5.74, 6) is 0. The van der Waals surface area contributed by atoms with Gasteiger partial charge in [0.1, 0.15) is 5.37 Å². The molecule has 1 fully saturated rings. The Balaban J connectivity index is 2.76. The van der Waals surface area contributed by atoms with Gasteiger partial charge in [-0.15, -0.1) is 0 Å². The van der Waals surface area contributed by atoms with Gasteiger partial charge in [0.15, 0.2) is 0 Å². The van der Waals surface area contributed by atoms with Crippen LogP contribution >= 0.6 is 0 Å². The molecule has 0 amide bonds. The van der Waals surface area contributed by atoms with Crippen LogP contribution in [0.5, 0.6) is 0 Å². The van der Waals surface area contributed by atoms with Crippen molar-refractivity contribution < 1.29 is 8.42 Å². The van der Waals surface area contributed by atoms with Gasteiger partial charge < -0.3 is 0 Å². The van der Waals surface area contributed by atoms with Crippen molar-refractivity contribution in [2.75, 3.05) is 19.6 Å². The summed E-state index contributed by atoms with van der Waals surface area (Å²) < 4.78 is 25.7. The second-order valence-electron chi connectivity index (χ2n) is 4.91. The van der Waals surface area contributed by atoms with Gasteiger partial charge in [0.05, 0.1) is 0 Å². The molecule has 90 valence electrons. The van der Waals surface area contributed by atoms with Crippen molar-refractivity contribution in [1.29, 1.82) is 0 Å². The molecule has 15 heavy (non-hydrogen) atoms. The zero-order valence-corrected chi connectivity index (χ0v) is 11.1. The normalized spacial score (nSPS) is 27.1. The molecule has 1 heterocycles. The zero-order chi connectivity index (χ0) is 11.9. The van der Waals surface area contributed by atoms with Gasteiger partial charge in [-0.3, -0.25) is 4.90 Å². The van der Waals surface area contributed by atoms with Gasteiger partial charge in [0.2, 0.25) is 10.0 Å². The maximum absolute atomic E-state index is 12.1. The molecule has 1 saturated heterocycles. The fourth-order valence-corrected chi connectivity index (χ4v) is 3.89. The lowest BCUT2D eigenvalue weighted by molar-refractivity contribution is 0.297. The summed E-state index contributed by atoms with van der Waals surface area (Å²) >= 11 is 0. The van der Waals surface area contributed by atoms with Gasteiger partial charge in [-0.05, 0) is 20.8 Å². The highest BCUT2D eigenvalue weighted by Gasteiger charge is 2.51. The standard InChI is InChI=1S/C10H22N2O2S/c1-6-11(7-2)15(13,14)9-8-12(9)10(3,4)5/h9H,6-8H2,1-5H3. The van der Waals surface area contributed by atoms with E-state index in [0.717, 1.165) is 0 Å². The second-order valence-corrected chi connectivity index (χ2v) is 7.00. The van der Waals surface area contributed by atoms with E-state index in [4.69, 9.17) is 0 Å². The van der Waals surface area contributed by atoms with E-state index in [1.165, 1.54) is 0 Å². The van der Waals surface area contributed by atoms with Crippen molar-refractivity contribution in [1.82, 2.24) is 9.21 Å². The molecule has 0 aromatic rings. The molecule has 0 aromatic heterocycles. The summed E-state index contributed by atoms with van der Waals surface area (Å²) in [6, 6.07) is 0. The van der Waals surface area contributed by atoms with Crippen molar-refractivity contribution in [2.45, 2.75) is 45.5 Å². The Labute approximate surface area is 93.3 Å². The first-order valence-electron chi connectivity index (χ1n) is 5.50. The third-order valence-electron chi connectivity index (χ3n) is 2.84. The molecule has 0 aromatic carbocycles. The highest BCUT2D eigenvalue weighted by Crippen LogP contribution is 2.33. The summed E-state index contributed by atoms with van der Waals surface area (Å²) in [4.78, 5) is 2.01. The third-order valence-corrected chi connectivity index (χ3v) is 5.17. The van der Waals surface area contributed by atoms with Gasteiger partial charge >= 0.3 is 0 Å². The summed E-state index contributed by atoms with van der Waals surface area (Å²) in [5.41, 5.74) is -0.0507. The molecular formula is C10H22N2O2S. The minimum absolute atomic E-state index is 0.0507. The van der Waals surface area contributed by atoms with Crippen molar-refractivity contribution in [3.63, 3.8) is 0 Å². The number of hydrogen-bond acceptors (Lipinski definition) is 3. The first-order chi connectivity index (χ1) is 6.75. The van der Waals surface area contributed by atoms with Gasteiger partial charge in [-0.2, -0.15) is 0 Å². The maximum atomic E-state index is 12.1. The minimum atomic E-state index is -3.10. The first kappa shape index (κ1) is 12.9. The van der Waals surface area contributed by atoms with E-state index in [0.29, 0.717) is 19.6 Å². The van der Waals surface area contributed by atoms with Crippen molar-refractivity contribution in [3.05, 3.63) is 0 Å². The van der Waals surface area contributed by atoms with E-state index in [1.807, 2.05) is 39.5 Å². The highest BCUT2D eigenvalue weighted by atomic mass is 32.2. The van der Waals surface area contributed by atoms with Gasteiger partial charge in [-0.1, -0.05) is 13.8 Å². The van der Waals surface area contributed by atoms with Crippen LogP contribution in [0.2, 0.25) is 0 Å². The van der Waals surface area contributed by atoms with Gasteiger partial charge in [0, 0.05) is 25.2 Å². The molecule has 0 N–H and O–H groups in total. The quantitative estimate of drug-likeness (QED) is 0.684. The third kappa shape index (κ3) is 2.52. The molecule has 2 atom stereocenters. The second kappa shape index (κ2) is 4.03. The van der Waals surface area contributed by atoms with Crippen LogP contribution in [-0.4, -0.2) is 48.2 Å². The summed E-state index contributed by atoms with van der Waals surface area (Å²) in [5, 5.41) is -0.294. The smallest absolute Gasteiger partial charge is 0.231 e. The van der Waals surface area contributed by atoms with Crippen molar-refractivity contribution in [2.24, 2.45) is 0 Å². The highest BCUT2D eigenvalue weighted by molar-refractivity contribution is 7.90. The lowest BCUT2D eigenvalue weighted by atomic mass is 10.1. The maximum Gasteiger partial charge on any atom is 0.231 e. The predicted molar refractivity (Wildman–Crippen MR) is 62.1 cm³/mol. The molecule has 0 aliphatic carbocycles. The van der Waals surface area contributed by atoms with Crippen LogP contribution in [0.25, 0.3) is 0 Å². The SMILES string of the molecule is CCN(CC)S(=O)(=O)C1CN1C(C)(C)C. The minimum Gasteiger partial charge on any atom is -0.277 e. The Morgan fingerprint density at radius 1 is 1.27 bits per heavy atom. The Morgan fingerprint density at radius 2 is 1.73 bits per heavy atom. The fraction of sp³-hybridized carbons (Fsp3) is 1.00. The molecule has 4 nitrogen and oxygen atoms in total. The molecule has 1 aliphatic heterocycles. The fourth-order valence-electron chi connectivity index (χ4n) is 1.84. The summed E-state index contributed by atoms with van der Waals surface area (Å²) in [6.45, 7) is 11.7. The number of rotatable bonds is 4. The molecule has 0 spiro atoms. The van der Waals surface area contributed by atoms with Crippen LogP contribution in [0.4, 0.5) is 0 Å². The Bertz CT molecular complexity index is 315. The average molecular weight is 234 g/mol. The predicted octanol–water partition coefficient (Wildman–Crippen LogP) is 1.10. The van der Waals surface area contributed by atoms with E-state index in [-0.39, 0.29) is 10.9 Å². The topological polar surface area (TPSA) is 40.4 Å². The van der Waals surface area contributed by atoms with E-state index in [1.54, 1.807) is 4.31 Å². The molecule has 0 bridgehead atoms. The Hall–Kier alpha value is -0.130. The molecule has 2 unspecified atom stereocenters. The Kier molecular flexibility index (Phi) is 3.48. The van der Waals surface area contributed by atoms with E-state index < -0.39 is 10.0 Å². The first-order valence-corrected chi connectivity index (χ1v) is 7.01. The monoisotopic (exact) mass is 234 g/mol. The molecule has 0 radical (unpaired) electrons. The summed E-state index contributed by atoms with van der Waals surface area (Å²) in [7, 11) is -3.10. The van der Waals surface area contributed by atoms with Crippen LogP contribution in [-0.2, 0) is 10.0 Å². The number of sulfonamides is 1. The molecule has 0 saturated carbocycles. The van der Waals surface area contributed by atoms with E-state index in [9.17, 15) is 8.42 Å². The van der Waals surface area contributed by atoms with Crippen LogP contribution in [0.1, 0.15) is 34.6 Å². The van der Waals surface area contributed by atoms with Crippen LogP contribution in [0.15, 0.2) is 0 Å². The lowest BCUT2D eigenvalue weighted by Gasteiger charge is -2.24. The largest absolute Gasteiger partial charge is 0.277 e. The van der Waals surface area contributed by atoms with Crippen LogP contribution in [0, 0.1) is 0 Å². The van der Waals surface area contributed by atoms with Crippen LogP contribution in [0.3, 0.4) is 0 Å². The van der Waals surface area contributed by atoms with Crippen molar-refractivity contribution >= 4 is 10.0 Å². The number of nitrogens with zero attached hydrogens (tertiary/aromatic N) is 2. The molecule has 5 heteroatoms. The lowest BCUT2D eigenvalue weighted by Crippen LogP contribution is -2.38. The molecular weight excluding hydrogens is 212 g/mol. The van der Waals surface area contributed by atoms with E-state index >= 15 is 0 Å². The van der Waals surface area contributed by atoms with Crippen molar-refractivity contribution in [3.8, 4) is 0 Å². The molecule has 1 aliphatic rings. The summed E-state index contributed by atoms with van der Waals surface area (Å²) in [6.07, 6.45) is 0. The zero-order valence-electron chi connectivity index (χ0n) is 10.3. The number of hydrogen-bond donors (Lipinski definition) is 0. The van der Waals surface area contributed by atoms with Gasteiger partial charge in [-0.25, -0.2) is 12.7 Å². The van der Waals surface area contributed by atoms with Crippen LogP contribution < -0.4 is 0 Å². The average Bonchev–Trinajstić information content (AvgIpc) is 2.82. The van der Waals surface area contributed by atoms with Gasteiger partial charge in [0.25, 0.3) is 0 Å². The molecule has 1 rings (SSSR count).